The maximum absolute atomic E-state index is 5.39. The van der Waals surface area contributed by atoms with Crippen molar-refractivity contribution in [3.05, 3.63) is 54.6 Å². The van der Waals surface area contributed by atoms with Crippen LogP contribution in [0.2, 0.25) is 0 Å². The van der Waals surface area contributed by atoms with Crippen LogP contribution in [0.4, 0.5) is 17.5 Å². The Balaban J connectivity index is 1.96. The molecule has 1 unspecified atom stereocenters. The Morgan fingerprint density at radius 3 is 2.36 bits per heavy atom. The molecule has 0 aliphatic carbocycles. The summed E-state index contributed by atoms with van der Waals surface area (Å²) in [6.07, 6.45) is 0.983. The summed E-state index contributed by atoms with van der Waals surface area (Å²) in [5.41, 5.74) is 2.74. The first kappa shape index (κ1) is 19.5. The van der Waals surface area contributed by atoms with E-state index in [2.05, 4.69) is 34.4 Å². The molecule has 0 aliphatic rings. The number of nitrogens with one attached hydrogen (secondary N) is 2. The van der Waals surface area contributed by atoms with E-state index in [1.54, 1.807) is 14.2 Å². The van der Waals surface area contributed by atoms with Crippen molar-refractivity contribution >= 4 is 17.5 Å². The van der Waals surface area contributed by atoms with E-state index < -0.39 is 0 Å². The molecule has 0 saturated carbocycles. The number of hydrogen-bond acceptors (Lipinski definition) is 6. The quantitative estimate of drug-likeness (QED) is 0.567. The minimum absolute atomic E-state index is 0.278. The van der Waals surface area contributed by atoms with E-state index in [1.165, 1.54) is 0 Å². The third-order valence-corrected chi connectivity index (χ3v) is 4.44. The van der Waals surface area contributed by atoms with E-state index in [9.17, 15) is 0 Å². The first-order chi connectivity index (χ1) is 13.6. The van der Waals surface area contributed by atoms with Gasteiger partial charge in [-0.1, -0.05) is 37.3 Å². The molecular formula is C22H26N4O2. The summed E-state index contributed by atoms with van der Waals surface area (Å²) in [5, 5.41) is 6.71. The number of nitrogens with zero attached hydrogens (tertiary/aromatic N) is 2. The molecule has 0 saturated heterocycles. The molecule has 0 amide bonds. The molecule has 0 fully saturated rings. The van der Waals surface area contributed by atoms with Gasteiger partial charge in [0.05, 0.1) is 19.9 Å². The van der Waals surface area contributed by atoms with Crippen molar-refractivity contribution in [2.75, 3.05) is 24.9 Å². The lowest BCUT2D eigenvalue weighted by molar-refractivity contribution is 0.355. The Labute approximate surface area is 166 Å². The molecule has 1 heterocycles. The summed E-state index contributed by atoms with van der Waals surface area (Å²) >= 11 is 0. The minimum atomic E-state index is 0.278. The molecule has 146 valence electrons. The fraction of sp³-hybridized carbons (Fsp3) is 0.273. The summed E-state index contributed by atoms with van der Waals surface area (Å²) in [4.78, 5) is 9.32. The standard InChI is InChI=1S/C22H26N4O2/c1-5-15(2)23-22-25-18(16-9-7-6-8-10-16)14-21(26-22)24-17-11-12-19(27-3)20(13-17)28-4/h6-15H,5H2,1-4H3,(H2,23,24,25,26). The van der Waals surface area contributed by atoms with Gasteiger partial charge in [-0.15, -0.1) is 0 Å². The predicted octanol–water partition coefficient (Wildman–Crippen LogP) is 5.11. The number of hydrogen-bond donors (Lipinski definition) is 2. The van der Waals surface area contributed by atoms with Crippen LogP contribution in [0.25, 0.3) is 11.3 Å². The molecule has 6 nitrogen and oxygen atoms in total. The summed E-state index contributed by atoms with van der Waals surface area (Å²) in [5.74, 6) is 2.63. The number of aromatic nitrogens is 2. The van der Waals surface area contributed by atoms with Crippen LogP contribution in [0.5, 0.6) is 11.5 Å². The normalized spacial score (nSPS) is 11.6. The Morgan fingerprint density at radius 2 is 1.68 bits per heavy atom. The second-order valence-corrected chi connectivity index (χ2v) is 6.48. The molecule has 6 heteroatoms. The van der Waals surface area contributed by atoms with E-state index in [-0.39, 0.29) is 6.04 Å². The molecule has 0 aliphatic heterocycles. The zero-order chi connectivity index (χ0) is 19.9. The number of ether oxygens (including phenoxy) is 2. The molecule has 0 radical (unpaired) electrons. The lowest BCUT2D eigenvalue weighted by atomic mass is 10.1. The Kier molecular flexibility index (Phi) is 6.32. The van der Waals surface area contributed by atoms with Gasteiger partial charge in [-0.05, 0) is 25.5 Å². The summed E-state index contributed by atoms with van der Waals surface area (Å²) in [6, 6.07) is 17.9. The summed E-state index contributed by atoms with van der Waals surface area (Å²) in [6.45, 7) is 4.24. The Hall–Kier alpha value is -3.28. The molecule has 1 aromatic heterocycles. The minimum Gasteiger partial charge on any atom is -0.493 e. The highest BCUT2D eigenvalue weighted by Crippen LogP contribution is 2.31. The average molecular weight is 378 g/mol. The monoisotopic (exact) mass is 378 g/mol. The average Bonchev–Trinajstić information content (AvgIpc) is 2.74. The molecule has 0 spiro atoms. The molecule has 2 N–H and O–H groups in total. The van der Waals surface area contributed by atoms with Gasteiger partial charge >= 0.3 is 0 Å². The van der Waals surface area contributed by atoms with Gasteiger partial charge in [-0.25, -0.2) is 4.98 Å². The highest BCUT2D eigenvalue weighted by atomic mass is 16.5. The van der Waals surface area contributed by atoms with Gasteiger partial charge in [-0.3, -0.25) is 0 Å². The van der Waals surface area contributed by atoms with Crippen molar-refractivity contribution in [3.8, 4) is 22.8 Å². The van der Waals surface area contributed by atoms with E-state index in [1.807, 2.05) is 54.6 Å². The van der Waals surface area contributed by atoms with Crippen molar-refractivity contribution in [1.29, 1.82) is 0 Å². The lowest BCUT2D eigenvalue weighted by Gasteiger charge is -2.15. The van der Waals surface area contributed by atoms with E-state index in [0.717, 1.165) is 23.4 Å². The molecule has 1 atom stereocenters. The van der Waals surface area contributed by atoms with Gasteiger partial charge < -0.3 is 20.1 Å². The Morgan fingerprint density at radius 1 is 0.929 bits per heavy atom. The van der Waals surface area contributed by atoms with Gasteiger partial charge in [0.15, 0.2) is 11.5 Å². The second-order valence-electron chi connectivity index (χ2n) is 6.48. The first-order valence-corrected chi connectivity index (χ1v) is 9.33. The van der Waals surface area contributed by atoms with Crippen LogP contribution in [-0.4, -0.2) is 30.2 Å². The summed E-state index contributed by atoms with van der Waals surface area (Å²) in [7, 11) is 3.24. The number of anilines is 3. The number of benzene rings is 2. The third kappa shape index (κ3) is 4.71. The molecule has 2 aromatic carbocycles. The smallest absolute Gasteiger partial charge is 0.225 e. The van der Waals surface area contributed by atoms with Gasteiger partial charge in [-0.2, -0.15) is 4.98 Å². The van der Waals surface area contributed by atoms with Crippen LogP contribution in [0.15, 0.2) is 54.6 Å². The maximum atomic E-state index is 5.39. The highest BCUT2D eigenvalue weighted by molar-refractivity contribution is 5.68. The highest BCUT2D eigenvalue weighted by Gasteiger charge is 2.10. The predicted molar refractivity (Wildman–Crippen MR) is 114 cm³/mol. The van der Waals surface area contributed by atoms with Gasteiger partial charge in [0.1, 0.15) is 5.82 Å². The number of methoxy groups -OCH3 is 2. The fourth-order valence-electron chi connectivity index (χ4n) is 2.72. The molecule has 28 heavy (non-hydrogen) atoms. The van der Waals surface area contributed by atoms with Crippen molar-refractivity contribution < 1.29 is 9.47 Å². The van der Waals surface area contributed by atoms with Crippen LogP contribution in [-0.2, 0) is 0 Å². The molecule has 3 aromatic rings. The second kappa shape index (κ2) is 9.08. The van der Waals surface area contributed by atoms with Crippen LogP contribution < -0.4 is 20.1 Å². The zero-order valence-electron chi connectivity index (χ0n) is 16.7. The van der Waals surface area contributed by atoms with Gasteiger partial charge in [0.25, 0.3) is 0 Å². The first-order valence-electron chi connectivity index (χ1n) is 9.33. The van der Waals surface area contributed by atoms with Crippen LogP contribution >= 0.6 is 0 Å². The van der Waals surface area contributed by atoms with E-state index in [4.69, 9.17) is 9.47 Å². The van der Waals surface area contributed by atoms with Crippen molar-refractivity contribution in [2.45, 2.75) is 26.3 Å². The topological polar surface area (TPSA) is 68.3 Å². The molecular weight excluding hydrogens is 352 g/mol. The lowest BCUT2D eigenvalue weighted by Crippen LogP contribution is -2.16. The van der Waals surface area contributed by atoms with Crippen molar-refractivity contribution in [2.24, 2.45) is 0 Å². The SMILES string of the molecule is CCC(C)Nc1nc(Nc2ccc(OC)c(OC)c2)cc(-c2ccccc2)n1. The van der Waals surface area contributed by atoms with Crippen LogP contribution in [0, 0.1) is 0 Å². The van der Waals surface area contributed by atoms with Gasteiger partial charge in [0, 0.05) is 29.4 Å². The summed E-state index contributed by atoms with van der Waals surface area (Å²) < 4.78 is 10.7. The van der Waals surface area contributed by atoms with Crippen LogP contribution in [0.3, 0.4) is 0 Å². The largest absolute Gasteiger partial charge is 0.493 e. The molecule has 3 rings (SSSR count). The fourth-order valence-corrected chi connectivity index (χ4v) is 2.72. The van der Waals surface area contributed by atoms with E-state index >= 15 is 0 Å². The van der Waals surface area contributed by atoms with Crippen molar-refractivity contribution in [1.82, 2.24) is 9.97 Å². The Bertz CT molecular complexity index is 916. The van der Waals surface area contributed by atoms with Gasteiger partial charge in [0.2, 0.25) is 5.95 Å². The zero-order valence-corrected chi connectivity index (χ0v) is 16.7. The van der Waals surface area contributed by atoms with E-state index in [0.29, 0.717) is 23.3 Å². The maximum Gasteiger partial charge on any atom is 0.225 e. The third-order valence-electron chi connectivity index (χ3n) is 4.44. The van der Waals surface area contributed by atoms with Crippen LogP contribution in [0.1, 0.15) is 20.3 Å². The number of rotatable bonds is 8. The van der Waals surface area contributed by atoms with Crippen molar-refractivity contribution in [3.63, 3.8) is 0 Å². The molecule has 0 bridgehead atoms.